The molecule has 0 atom stereocenters. The van der Waals surface area contributed by atoms with Crippen LogP contribution < -0.4 is 0 Å². The summed E-state index contributed by atoms with van der Waals surface area (Å²) in [6.07, 6.45) is 0. The molecule has 0 aromatic rings. The Morgan fingerprint density at radius 1 is 1.45 bits per heavy atom. The van der Waals surface area contributed by atoms with E-state index in [0.29, 0.717) is 0 Å². The lowest BCUT2D eigenvalue weighted by Gasteiger charge is -2.15. The maximum absolute atomic E-state index is 11.0. The molecule has 0 saturated carbocycles. The van der Waals surface area contributed by atoms with Gasteiger partial charge in [0, 0.05) is 4.75 Å². The van der Waals surface area contributed by atoms with Gasteiger partial charge in [-0.25, -0.2) is 8.42 Å². The van der Waals surface area contributed by atoms with Gasteiger partial charge in [-0.15, -0.1) is 0 Å². The first-order chi connectivity index (χ1) is 4.77. The van der Waals surface area contributed by atoms with Crippen molar-refractivity contribution in [3.8, 4) is 6.07 Å². The Hall–Kier alpha value is -0.210. The van der Waals surface area contributed by atoms with Crippen molar-refractivity contribution in [1.29, 1.82) is 5.26 Å². The lowest BCUT2D eigenvalue weighted by atomic mass is 10.3. The molecule has 0 saturated heterocycles. The van der Waals surface area contributed by atoms with E-state index in [2.05, 4.69) is 0 Å². The fraction of sp³-hybridized carbons (Fsp3) is 0.833. The third-order valence-corrected chi connectivity index (χ3v) is 4.47. The van der Waals surface area contributed by atoms with Crippen molar-refractivity contribution in [2.75, 3.05) is 5.75 Å². The maximum atomic E-state index is 11.0. The molecule has 5 heteroatoms. The van der Waals surface area contributed by atoms with E-state index >= 15 is 0 Å². The summed E-state index contributed by atoms with van der Waals surface area (Å²) in [5, 5.41) is 8.16. The molecule has 0 unspecified atom stereocenters. The molecular weight excluding hydrogens is 182 g/mol. The number of hydrogen-bond acceptors (Lipinski definition) is 4. The molecule has 0 amide bonds. The molecule has 0 rings (SSSR count). The van der Waals surface area contributed by atoms with Gasteiger partial charge in [-0.1, -0.05) is 0 Å². The molecule has 0 aromatic heterocycles. The predicted molar refractivity (Wildman–Crippen MR) is 46.7 cm³/mol. The van der Waals surface area contributed by atoms with Crippen molar-refractivity contribution in [2.45, 2.75) is 25.5 Å². The van der Waals surface area contributed by atoms with Crippen molar-refractivity contribution < 1.29 is 8.42 Å². The van der Waals surface area contributed by atoms with Crippen LogP contribution in [0.3, 0.4) is 0 Å². The fourth-order valence-corrected chi connectivity index (χ4v) is 4.09. The van der Waals surface area contributed by atoms with E-state index in [0.717, 1.165) is 10.8 Å². The molecular formula is C6H11NO2S2. The Morgan fingerprint density at radius 2 is 1.91 bits per heavy atom. The number of nitrogens with zero attached hydrogens (tertiary/aromatic N) is 1. The second-order valence-electron chi connectivity index (χ2n) is 3.06. The fourth-order valence-electron chi connectivity index (χ4n) is 0.489. The topological polar surface area (TPSA) is 57.9 Å². The van der Waals surface area contributed by atoms with Gasteiger partial charge in [-0.05, 0) is 31.6 Å². The zero-order valence-electron chi connectivity index (χ0n) is 6.79. The molecule has 3 nitrogen and oxygen atoms in total. The van der Waals surface area contributed by atoms with Gasteiger partial charge < -0.3 is 0 Å². The van der Waals surface area contributed by atoms with Crippen LogP contribution in [0.1, 0.15) is 20.8 Å². The van der Waals surface area contributed by atoms with Crippen LogP contribution in [-0.4, -0.2) is 18.9 Å². The molecule has 11 heavy (non-hydrogen) atoms. The minimum absolute atomic E-state index is 0.338. The summed E-state index contributed by atoms with van der Waals surface area (Å²) in [6.45, 7) is 5.39. The predicted octanol–water partition coefficient (Wildman–Crippen LogP) is 1.37. The van der Waals surface area contributed by atoms with Crippen molar-refractivity contribution in [3.63, 3.8) is 0 Å². The van der Waals surface area contributed by atoms with Gasteiger partial charge in [0.05, 0.1) is 6.07 Å². The lowest BCUT2D eigenvalue weighted by Crippen LogP contribution is -2.13. The van der Waals surface area contributed by atoms with Crippen LogP contribution in [-0.2, 0) is 8.87 Å². The van der Waals surface area contributed by atoms with Crippen LogP contribution in [0.25, 0.3) is 0 Å². The second-order valence-corrected chi connectivity index (χ2v) is 7.87. The summed E-state index contributed by atoms with van der Waals surface area (Å²) in [7, 11) is -2.40. The highest BCUT2D eigenvalue weighted by molar-refractivity contribution is 8.72. The third-order valence-electron chi connectivity index (χ3n) is 0.618. The zero-order valence-corrected chi connectivity index (χ0v) is 8.42. The lowest BCUT2D eigenvalue weighted by molar-refractivity contribution is 0.612. The Labute approximate surface area is 71.1 Å². The van der Waals surface area contributed by atoms with Crippen LogP contribution >= 0.6 is 10.8 Å². The van der Waals surface area contributed by atoms with Crippen LogP contribution in [0.2, 0.25) is 0 Å². The number of rotatable bonds is 2. The van der Waals surface area contributed by atoms with Gasteiger partial charge in [0.25, 0.3) is 0 Å². The molecule has 0 heterocycles. The Balaban J connectivity index is 4.30. The molecule has 0 aliphatic carbocycles. The highest BCUT2D eigenvalue weighted by Gasteiger charge is 2.21. The third kappa shape index (κ3) is 6.20. The monoisotopic (exact) mass is 193 g/mol. The van der Waals surface area contributed by atoms with Crippen LogP contribution in [0, 0.1) is 11.3 Å². The van der Waals surface area contributed by atoms with Crippen LogP contribution in [0.4, 0.5) is 0 Å². The van der Waals surface area contributed by atoms with E-state index < -0.39 is 14.6 Å². The average molecular weight is 193 g/mol. The maximum Gasteiger partial charge on any atom is 0.215 e. The van der Waals surface area contributed by atoms with E-state index in [4.69, 9.17) is 5.26 Å². The first kappa shape index (κ1) is 10.8. The molecule has 0 N–H and O–H groups in total. The Kier molecular flexibility index (Phi) is 3.39. The van der Waals surface area contributed by atoms with E-state index in [-0.39, 0.29) is 4.75 Å². The van der Waals surface area contributed by atoms with Crippen molar-refractivity contribution in [2.24, 2.45) is 0 Å². The summed E-state index contributed by atoms with van der Waals surface area (Å²) >= 11 is 0. The number of hydrogen-bond donors (Lipinski definition) is 0. The largest absolute Gasteiger partial charge is 0.216 e. The molecule has 0 fully saturated rings. The number of nitriles is 1. The summed E-state index contributed by atoms with van der Waals surface area (Å²) < 4.78 is 21.6. The smallest absolute Gasteiger partial charge is 0.215 e. The zero-order chi connectivity index (χ0) is 9.12. The SMILES string of the molecule is CC(C)(C)SS(=O)(=O)CC#N. The average Bonchev–Trinajstić information content (AvgIpc) is 1.55. The van der Waals surface area contributed by atoms with E-state index in [1.54, 1.807) is 26.8 Å². The highest BCUT2D eigenvalue weighted by Crippen LogP contribution is 2.29. The molecule has 64 valence electrons. The normalized spacial score (nSPS) is 12.5. The van der Waals surface area contributed by atoms with Crippen LogP contribution in [0.15, 0.2) is 0 Å². The Bertz CT molecular complexity index is 255. The summed E-state index contributed by atoms with van der Waals surface area (Å²) in [4.78, 5) is 0. The molecule has 0 spiro atoms. The van der Waals surface area contributed by atoms with Gasteiger partial charge in [0.15, 0.2) is 0 Å². The molecule has 0 aromatic carbocycles. The van der Waals surface area contributed by atoms with E-state index in [9.17, 15) is 8.42 Å². The van der Waals surface area contributed by atoms with Gasteiger partial charge in [-0.3, -0.25) is 0 Å². The van der Waals surface area contributed by atoms with E-state index in [1.807, 2.05) is 0 Å². The van der Waals surface area contributed by atoms with Crippen molar-refractivity contribution >= 4 is 19.7 Å². The second kappa shape index (κ2) is 3.46. The molecule has 0 aliphatic heterocycles. The van der Waals surface area contributed by atoms with Gasteiger partial charge in [-0.2, -0.15) is 5.26 Å². The van der Waals surface area contributed by atoms with Gasteiger partial charge in [0.2, 0.25) is 8.87 Å². The van der Waals surface area contributed by atoms with Crippen molar-refractivity contribution in [1.82, 2.24) is 0 Å². The first-order valence-electron chi connectivity index (χ1n) is 3.07. The molecule has 0 aliphatic rings. The molecule has 0 radical (unpaired) electrons. The standard InChI is InChI=1S/C6H11NO2S2/c1-6(2,3)10-11(8,9)5-4-7/h5H2,1-3H3. The minimum Gasteiger partial charge on any atom is -0.216 e. The summed E-state index contributed by atoms with van der Waals surface area (Å²) in [5.41, 5.74) is 0. The first-order valence-corrected chi connectivity index (χ1v) is 6.06. The quantitative estimate of drug-likeness (QED) is 0.621. The molecule has 0 bridgehead atoms. The Morgan fingerprint density at radius 3 is 2.18 bits per heavy atom. The van der Waals surface area contributed by atoms with Crippen molar-refractivity contribution in [3.05, 3.63) is 0 Å². The van der Waals surface area contributed by atoms with Crippen LogP contribution in [0.5, 0.6) is 0 Å². The van der Waals surface area contributed by atoms with Gasteiger partial charge in [0.1, 0.15) is 5.75 Å². The summed E-state index contributed by atoms with van der Waals surface area (Å²) in [5.74, 6) is -0.408. The van der Waals surface area contributed by atoms with E-state index in [1.165, 1.54) is 0 Å². The summed E-state index contributed by atoms with van der Waals surface area (Å²) in [6, 6.07) is 1.62. The van der Waals surface area contributed by atoms with Gasteiger partial charge >= 0.3 is 0 Å². The minimum atomic E-state index is -3.23. The highest BCUT2D eigenvalue weighted by atomic mass is 33.1.